The van der Waals surface area contributed by atoms with Crippen LogP contribution in [0.1, 0.15) is 19.4 Å². The summed E-state index contributed by atoms with van der Waals surface area (Å²) in [5.74, 6) is -0.983. The van der Waals surface area contributed by atoms with Crippen LogP contribution in [0.5, 0.6) is 0 Å². The molecule has 2 rings (SSSR count). The van der Waals surface area contributed by atoms with Crippen LogP contribution in [0.15, 0.2) is 46.1 Å². The molecule has 10 heteroatoms. The van der Waals surface area contributed by atoms with Crippen molar-refractivity contribution in [1.82, 2.24) is 13.9 Å². The Kier molecular flexibility index (Phi) is 5.43. The van der Waals surface area contributed by atoms with E-state index < -0.39 is 32.7 Å². The molecule has 1 heterocycles. The number of rotatable bonds is 5. The average molecular weight is 400 g/mol. The molecule has 0 radical (unpaired) electrons. The molecule has 0 bridgehead atoms. The van der Waals surface area contributed by atoms with E-state index in [0.29, 0.717) is 5.02 Å². The molecule has 0 atom stereocenters. The molecule has 2 aromatic rings. The maximum absolute atomic E-state index is 12.7. The van der Waals surface area contributed by atoms with Crippen LogP contribution < -0.4 is 16.0 Å². The molecular formula is C16H18ClN3O5S. The first-order chi connectivity index (χ1) is 11.9. The molecule has 0 aliphatic heterocycles. The predicted molar refractivity (Wildman–Crippen MR) is 97.8 cm³/mol. The lowest BCUT2D eigenvalue weighted by atomic mass is 10.0. The lowest BCUT2D eigenvalue weighted by Gasteiger charge is -2.25. The predicted octanol–water partition coefficient (Wildman–Crippen LogP) is 0.523. The molecule has 0 aliphatic carbocycles. The highest BCUT2D eigenvalue weighted by molar-refractivity contribution is 7.89. The van der Waals surface area contributed by atoms with Crippen molar-refractivity contribution >= 4 is 27.5 Å². The fourth-order valence-corrected chi connectivity index (χ4v) is 3.04. The second-order valence-corrected chi connectivity index (χ2v) is 8.47. The Labute approximate surface area is 155 Å². The molecule has 0 unspecified atom stereocenters. The average Bonchev–Trinajstić information content (AvgIpc) is 2.50. The molecule has 0 fully saturated rings. The molecular weight excluding hydrogens is 382 g/mol. The summed E-state index contributed by atoms with van der Waals surface area (Å²) >= 11 is 5.83. The van der Waals surface area contributed by atoms with Gasteiger partial charge in [-0.15, -0.1) is 0 Å². The third-order valence-electron chi connectivity index (χ3n) is 3.71. The first kappa shape index (κ1) is 19.9. The Morgan fingerprint density at radius 3 is 2.27 bits per heavy atom. The van der Waals surface area contributed by atoms with Gasteiger partial charge in [0.25, 0.3) is 11.5 Å². The topological polar surface area (TPSA) is 107 Å². The van der Waals surface area contributed by atoms with E-state index in [1.54, 1.807) is 29.0 Å². The lowest BCUT2D eigenvalue weighted by molar-refractivity contribution is -0.126. The summed E-state index contributed by atoms with van der Waals surface area (Å²) in [4.78, 5) is 37.2. The minimum absolute atomic E-state index is 0.153. The van der Waals surface area contributed by atoms with Gasteiger partial charge in [-0.1, -0.05) is 23.7 Å². The van der Waals surface area contributed by atoms with Crippen molar-refractivity contribution in [3.05, 3.63) is 68.0 Å². The van der Waals surface area contributed by atoms with Crippen molar-refractivity contribution in [3.63, 3.8) is 0 Å². The van der Waals surface area contributed by atoms with Crippen LogP contribution in [0.4, 0.5) is 0 Å². The molecule has 1 N–H and O–H groups in total. The Balaban J connectivity index is 2.49. The van der Waals surface area contributed by atoms with Gasteiger partial charge < -0.3 is 0 Å². The van der Waals surface area contributed by atoms with E-state index in [1.165, 1.54) is 24.6 Å². The maximum atomic E-state index is 12.7. The Hall–Kier alpha value is -2.39. The summed E-state index contributed by atoms with van der Waals surface area (Å²) in [7, 11) is -3.84. The number of benzene rings is 1. The fraction of sp³-hybridized carbons (Fsp3) is 0.312. The lowest BCUT2D eigenvalue weighted by Crippen LogP contribution is -2.56. The summed E-state index contributed by atoms with van der Waals surface area (Å²) in [5.41, 5.74) is -2.39. The van der Waals surface area contributed by atoms with Crippen molar-refractivity contribution in [2.45, 2.75) is 25.9 Å². The zero-order valence-corrected chi connectivity index (χ0v) is 16.0. The third kappa shape index (κ3) is 4.41. The molecule has 0 saturated heterocycles. The van der Waals surface area contributed by atoms with E-state index >= 15 is 0 Å². The van der Waals surface area contributed by atoms with E-state index in [2.05, 4.69) is 0 Å². The third-order valence-corrected chi connectivity index (χ3v) is 4.52. The number of nitrogens with zero attached hydrogens (tertiary/aromatic N) is 2. The van der Waals surface area contributed by atoms with Gasteiger partial charge in [0.05, 0.1) is 12.8 Å². The van der Waals surface area contributed by atoms with E-state index in [9.17, 15) is 22.8 Å². The second kappa shape index (κ2) is 7.08. The van der Waals surface area contributed by atoms with Crippen molar-refractivity contribution < 1.29 is 13.2 Å². The van der Waals surface area contributed by atoms with Crippen LogP contribution >= 0.6 is 11.6 Å². The van der Waals surface area contributed by atoms with Crippen LogP contribution in [-0.4, -0.2) is 29.7 Å². The summed E-state index contributed by atoms with van der Waals surface area (Å²) in [5, 5.41) is 0.546. The zero-order chi connectivity index (χ0) is 19.7. The molecule has 0 spiro atoms. The molecule has 1 aromatic heterocycles. The van der Waals surface area contributed by atoms with Crippen LogP contribution in [0.25, 0.3) is 0 Å². The number of hydrogen-bond donors (Lipinski definition) is 1. The molecule has 140 valence electrons. The number of halogens is 1. The minimum atomic E-state index is -3.84. The monoisotopic (exact) mass is 399 g/mol. The van der Waals surface area contributed by atoms with Crippen LogP contribution in [0, 0.1) is 0 Å². The number of aromatic nitrogens is 2. The van der Waals surface area contributed by atoms with E-state index in [4.69, 9.17) is 11.6 Å². The highest BCUT2D eigenvalue weighted by atomic mass is 35.5. The van der Waals surface area contributed by atoms with Gasteiger partial charge in [0, 0.05) is 17.3 Å². The van der Waals surface area contributed by atoms with Gasteiger partial charge in [-0.25, -0.2) is 17.8 Å². The fourth-order valence-electron chi connectivity index (χ4n) is 2.33. The Morgan fingerprint density at radius 2 is 1.73 bits per heavy atom. The standard InChI is InChI=1S/C16H18ClN3O5S/c1-16(2,14(22)18-26(3,24)25)20-13(21)8-9-19(15(20)23)10-11-4-6-12(17)7-5-11/h4-9H,10H2,1-3H3,(H,18,22). The smallest absolute Gasteiger partial charge is 0.296 e. The number of carbonyl (C=O) groups is 1. The number of carbonyl (C=O) groups excluding carboxylic acids is 1. The largest absolute Gasteiger partial charge is 0.332 e. The van der Waals surface area contributed by atoms with Crippen LogP contribution in [0.3, 0.4) is 0 Å². The summed E-state index contributed by atoms with van der Waals surface area (Å²) in [6, 6.07) is 7.94. The van der Waals surface area contributed by atoms with Crippen molar-refractivity contribution in [1.29, 1.82) is 0 Å². The van der Waals surface area contributed by atoms with Gasteiger partial charge >= 0.3 is 5.69 Å². The van der Waals surface area contributed by atoms with E-state index in [1.807, 2.05) is 0 Å². The van der Waals surface area contributed by atoms with Gasteiger partial charge in [0.2, 0.25) is 10.0 Å². The number of sulfonamides is 1. The number of amides is 1. The van der Waals surface area contributed by atoms with Crippen molar-refractivity contribution in [2.75, 3.05) is 6.26 Å². The quantitative estimate of drug-likeness (QED) is 0.788. The molecule has 0 aliphatic rings. The zero-order valence-electron chi connectivity index (χ0n) is 14.4. The maximum Gasteiger partial charge on any atom is 0.332 e. The van der Waals surface area contributed by atoms with Crippen molar-refractivity contribution in [3.8, 4) is 0 Å². The minimum Gasteiger partial charge on any atom is -0.296 e. The van der Waals surface area contributed by atoms with E-state index in [-0.39, 0.29) is 6.54 Å². The molecule has 1 aromatic carbocycles. The first-order valence-corrected chi connectivity index (χ1v) is 9.78. The van der Waals surface area contributed by atoms with Crippen LogP contribution in [-0.2, 0) is 26.9 Å². The molecule has 1 amide bonds. The summed E-state index contributed by atoms with van der Waals surface area (Å²) in [6.45, 7) is 2.74. The highest BCUT2D eigenvalue weighted by Crippen LogP contribution is 2.12. The molecule has 8 nitrogen and oxygen atoms in total. The Bertz CT molecular complexity index is 1050. The van der Waals surface area contributed by atoms with Crippen LogP contribution in [0.2, 0.25) is 5.02 Å². The highest BCUT2D eigenvalue weighted by Gasteiger charge is 2.34. The number of nitrogens with one attached hydrogen (secondary N) is 1. The van der Waals surface area contributed by atoms with E-state index in [0.717, 1.165) is 22.5 Å². The van der Waals surface area contributed by atoms with Gasteiger partial charge in [-0.3, -0.25) is 18.9 Å². The van der Waals surface area contributed by atoms with Gasteiger partial charge in [0.15, 0.2) is 0 Å². The summed E-state index contributed by atoms with van der Waals surface area (Å²) < 4.78 is 26.4. The first-order valence-electron chi connectivity index (χ1n) is 7.51. The SMILES string of the molecule is CC(C)(C(=O)NS(C)(=O)=O)n1c(=O)ccn(Cc2ccc(Cl)cc2)c1=O. The van der Waals surface area contributed by atoms with Crippen molar-refractivity contribution in [2.24, 2.45) is 0 Å². The molecule has 26 heavy (non-hydrogen) atoms. The second-order valence-electron chi connectivity index (χ2n) is 6.29. The summed E-state index contributed by atoms with van der Waals surface area (Å²) in [6.07, 6.45) is 2.13. The molecule has 0 saturated carbocycles. The van der Waals surface area contributed by atoms with Gasteiger partial charge in [0.1, 0.15) is 5.54 Å². The normalized spacial score (nSPS) is 12.0. The number of hydrogen-bond acceptors (Lipinski definition) is 5. The Morgan fingerprint density at radius 1 is 1.15 bits per heavy atom. The van der Waals surface area contributed by atoms with Gasteiger partial charge in [-0.05, 0) is 31.5 Å². The van der Waals surface area contributed by atoms with Gasteiger partial charge in [-0.2, -0.15) is 0 Å².